The van der Waals surface area contributed by atoms with E-state index in [0.717, 1.165) is 6.42 Å². The summed E-state index contributed by atoms with van der Waals surface area (Å²) >= 11 is 0. The molecule has 2 amide bonds. The van der Waals surface area contributed by atoms with E-state index in [1.54, 1.807) is 14.1 Å². The first kappa shape index (κ1) is 16.7. The lowest BCUT2D eigenvalue weighted by atomic mass is 10.5. The minimum absolute atomic E-state index is 0.163. The van der Waals surface area contributed by atoms with Crippen molar-refractivity contribution < 1.29 is 9.53 Å². The number of urea groups is 1. The van der Waals surface area contributed by atoms with Gasteiger partial charge in [-0.3, -0.25) is 5.43 Å². The predicted octanol–water partition coefficient (Wildman–Crippen LogP) is -0.371. The second kappa shape index (κ2) is 8.74. The molecule has 0 fully saturated rings. The van der Waals surface area contributed by atoms with Gasteiger partial charge in [0.15, 0.2) is 0 Å². The van der Waals surface area contributed by atoms with Gasteiger partial charge in [-0.1, -0.05) is 6.92 Å². The van der Waals surface area contributed by atoms with E-state index in [4.69, 9.17) is 10.6 Å². The zero-order valence-electron chi connectivity index (χ0n) is 12.5. The molecule has 5 N–H and O–H groups in total. The number of nitrogens with zero attached hydrogens (tertiary/aromatic N) is 4. The van der Waals surface area contributed by atoms with Crippen molar-refractivity contribution in [1.29, 1.82) is 0 Å². The normalized spacial score (nSPS) is 9.90. The van der Waals surface area contributed by atoms with Crippen molar-refractivity contribution in [2.75, 3.05) is 44.5 Å². The molecule has 0 saturated heterocycles. The van der Waals surface area contributed by atoms with Crippen LogP contribution >= 0.6 is 0 Å². The standard InChI is InChI=1S/C11H22N8O2/c1-4-7-21-10-16-8(15-9(17-10)18-12)13-5-6-14-11(20)19(2)3/h4-7,12H2,1-3H3,(H,14,20)(H2,13,15,16,17,18). The minimum Gasteiger partial charge on any atom is -0.463 e. The van der Waals surface area contributed by atoms with Gasteiger partial charge in [0.25, 0.3) is 0 Å². The maximum atomic E-state index is 11.3. The molecule has 0 aliphatic carbocycles. The van der Waals surface area contributed by atoms with Crippen LogP contribution in [0.5, 0.6) is 6.01 Å². The van der Waals surface area contributed by atoms with Crippen LogP contribution in [0.4, 0.5) is 16.7 Å². The summed E-state index contributed by atoms with van der Waals surface area (Å²) in [5.74, 6) is 5.82. The zero-order chi connectivity index (χ0) is 15.7. The molecule has 118 valence electrons. The van der Waals surface area contributed by atoms with Gasteiger partial charge < -0.3 is 20.3 Å². The number of hydrazine groups is 1. The van der Waals surface area contributed by atoms with Crippen molar-refractivity contribution in [2.45, 2.75) is 13.3 Å². The monoisotopic (exact) mass is 298 g/mol. The van der Waals surface area contributed by atoms with Crippen molar-refractivity contribution in [3.63, 3.8) is 0 Å². The molecule has 0 aliphatic rings. The van der Waals surface area contributed by atoms with Crippen LogP contribution in [0.25, 0.3) is 0 Å². The summed E-state index contributed by atoms with van der Waals surface area (Å²) in [6.45, 7) is 3.38. The van der Waals surface area contributed by atoms with E-state index in [-0.39, 0.29) is 18.0 Å². The first-order chi connectivity index (χ1) is 10.1. The lowest BCUT2D eigenvalue weighted by molar-refractivity contribution is 0.218. The topological polar surface area (TPSA) is 130 Å². The van der Waals surface area contributed by atoms with Gasteiger partial charge in [0.05, 0.1) is 6.61 Å². The van der Waals surface area contributed by atoms with Gasteiger partial charge in [-0.15, -0.1) is 0 Å². The fraction of sp³-hybridized carbons (Fsp3) is 0.636. The lowest BCUT2D eigenvalue weighted by Gasteiger charge is -2.12. The second-order valence-corrected chi connectivity index (χ2v) is 4.31. The van der Waals surface area contributed by atoms with E-state index in [1.165, 1.54) is 4.90 Å². The molecule has 1 aromatic rings. The van der Waals surface area contributed by atoms with Gasteiger partial charge in [0, 0.05) is 27.2 Å². The van der Waals surface area contributed by atoms with Crippen molar-refractivity contribution in [3.05, 3.63) is 0 Å². The summed E-state index contributed by atoms with van der Waals surface area (Å²) in [4.78, 5) is 24.9. The number of hydrogen-bond acceptors (Lipinski definition) is 8. The molecule has 1 rings (SSSR count). The Labute approximate surface area is 123 Å². The number of nitrogens with one attached hydrogen (secondary N) is 3. The van der Waals surface area contributed by atoms with Gasteiger partial charge in [0.1, 0.15) is 0 Å². The summed E-state index contributed by atoms with van der Waals surface area (Å²) in [7, 11) is 3.34. The average Bonchev–Trinajstić information content (AvgIpc) is 2.48. The average molecular weight is 298 g/mol. The molecule has 0 saturated carbocycles. The minimum atomic E-state index is -0.163. The Morgan fingerprint density at radius 3 is 2.57 bits per heavy atom. The third kappa shape index (κ3) is 6.08. The van der Waals surface area contributed by atoms with Crippen LogP contribution < -0.4 is 26.6 Å². The highest BCUT2D eigenvalue weighted by Gasteiger charge is 2.07. The number of aromatic nitrogens is 3. The van der Waals surface area contributed by atoms with E-state index in [1.807, 2.05) is 6.92 Å². The van der Waals surface area contributed by atoms with E-state index < -0.39 is 0 Å². The zero-order valence-corrected chi connectivity index (χ0v) is 12.5. The van der Waals surface area contributed by atoms with Crippen LogP contribution in [0.2, 0.25) is 0 Å². The quantitative estimate of drug-likeness (QED) is 0.290. The van der Waals surface area contributed by atoms with Gasteiger partial charge in [-0.2, -0.15) is 15.0 Å². The predicted molar refractivity (Wildman–Crippen MR) is 79.0 cm³/mol. The van der Waals surface area contributed by atoms with Gasteiger partial charge in [-0.05, 0) is 6.42 Å². The van der Waals surface area contributed by atoms with Gasteiger partial charge >= 0.3 is 12.0 Å². The summed E-state index contributed by atoms with van der Waals surface area (Å²) in [5, 5.41) is 5.67. The highest BCUT2D eigenvalue weighted by molar-refractivity contribution is 5.73. The number of amides is 2. The molecule has 0 aromatic carbocycles. The number of anilines is 2. The molecule has 21 heavy (non-hydrogen) atoms. The molecular formula is C11H22N8O2. The number of nitrogen functional groups attached to an aromatic ring is 1. The Bertz CT molecular complexity index is 454. The summed E-state index contributed by atoms with van der Waals surface area (Å²) in [6.07, 6.45) is 0.844. The van der Waals surface area contributed by atoms with Crippen molar-refractivity contribution >= 4 is 17.9 Å². The molecule has 0 aliphatic heterocycles. The summed E-state index contributed by atoms with van der Waals surface area (Å²) in [5.41, 5.74) is 2.35. The van der Waals surface area contributed by atoms with Crippen LogP contribution in [0.15, 0.2) is 0 Å². The molecule has 10 nitrogen and oxygen atoms in total. The van der Waals surface area contributed by atoms with E-state index >= 15 is 0 Å². The molecule has 0 bridgehead atoms. The maximum Gasteiger partial charge on any atom is 0.323 e. The molecule has 1 heterocycles. The maximum absolute atomic E-state index is 11.3. The van der Waals surface area contributed by atoms with Crippen LogP contribution in [0.3, 0.4) is 0 Å². The molecular weight excluding hydrogens is 276 g/mol. The summed E-state index contributed by atoms with van der Waals surface area (Å²) in [6, 6.07) is 0.0309. The smallest absolute Gasteiger partial charge is 0.323 e. The second-order valence-electron chi connectivity index (χ2n) is 4.31. The highest BCUT2D eigenvalue weighted by Crippen LogP contribution is 2.10. The third-order valence-corrected chi connectivity index (χ3v) is 2.27. The lowest BCUT2D eigenvalue weighted by Crippen LogP contribution is -2.37. The summed E-state index contributed by atoms with van der Waals surface area (Å²) < 4.78 is 5.34. The Kier molecular flexibility index (Phi) is 6.95. The number of rotatable bonds is 8. The molecule has 1 aromatic heterocycles. The van der Waals surface area contributed by atoms with Crippen LogP contribution in [0, 0.1) is 0 Å². The van der Waals surface area contributed by atoms with Crippen molar-refractivity contribution in [2.24, 2.45) is 5.84 Å². The number of carbonyl (C=O) groups is 1. The molecule has 0 unspecified atom stereocenters. The Balaban J connectivity index is 2.51. The largest absolute Gasteiger partial charge is 0.463 e. The first-order valence-electron chi connectivity index (χ1n) is 6.61. The fourth-order valence-electron chi connectivity index (χ4n) is 1.26. The molecule has 10 heteroatoms. The first-order valence-corrected chi connectivity index (χ1v) is 6.61. The Morgan fingerprint density at radius 1 is 1.24 bits per heavy atom. The Morgan fingerprint density at radius 2 is 1.95 bits per heavy atom. The molecule has 0 atom stereocenters. The van der Waals surface area contributed by atoms with Crippen LogP contribution in [0.1, 0.15) is 13.3 Å². The number of hydrogen-bond donors (Lipinski definition) is 4. The van der Waals surface area contributed by atoms with Crippen molar-refractivity contribution in [3.8, 4) is 6.01 Å². The SMILES string of the molecule is CCCOc1nc(NN)nc(NCCNC(=O)N(C)C)n1. The van der Waals surface area contributed by atoms with E-state index in [9.17, 15) is 4.79 Å². The Hall–Kier alpha value is -2.36. The van der Waals surface area contributed by atoms with Gasteiger partial charge in [-0.25, -0.2) is 10.6 Å². The number of ether oxygens (including phenoxy) is 1. The van der Waals surface area contributed by atoms with E-state index in [0.29, 0.717) is 25.6 Å². The number of nitrogens with two attached hydrogens (primary N) is 1. The fourth-order valence-corrected chi connectivity index (χ4v) is 1.26. The third-order valence-electron chi connectivity index (χ3n) is 2.27. The molecule has 0 spiro atoms. The van der Waals surface area contributed by atoms with Gasteiger partial charge in [0.2, 0.25) is 11.9 Å². The van der Waals surface area contributed by atoms with Crippen LogP contribution in [-0.2, 0) is 0 Å². The van der Waals surface area contributed by atoms with E-state index in [2.05, 4.69) is 31.0 Å². The molecule has 0 radical (unpaired) electrons. The van der Waals surface area contributed by atoms with Crippen molar-refractivity contribution in [1.82, 2.24) is 25.2 Å². The highest BCUT2D eigenvalue weighted by atomic mass is 16.5. The van der Waals surface area contributed by atoms with Crippen LogP contribution in [-0.4, -0.2) is 59.7 Å². The number of carbonyl (C=O) groups excluding carboxylic acids is 1.